The molecular formula is C30H36N2O3. The molecule has 0 aromatic heterocycles. The standard InChI is InChI=1S/C30H36N2O3/c1-33-26-11-6-23(7-12-26)29-16-8-24-22-28(34-2)15-17-30(24)32(29)25-9-13-27(14-10-25)35-21-20-31-18-4-3-5-19-31/h6-7,9-15,17,22,29H,3-5,8,16,18-21H2,1-2H3. The zero-order valence-electron chi connectivity index (χ0n) is 20.9. The summed E-state index contributed by atoms with van der Waals surface area (Å²) in [4.78, 5) is 4.97. The molecule has 1 fully saturated rings. The lowest BCUT2D eigenvalue weighted by Crippen LogP contribution is -2.33. The van der Waals surface area contributed by atoms with Gasteiger partial charge in [0.2, 0.25) is 0 Å². The highest BCUT2D eigenvalue weighted by Gasteiger charge is 2.29. The molecule has 0 saturated carbocycles. The third-order valence-electron chi connectivity index (χ3n) is 7.29. The molecular weight excluding hydrogens is 436 g/mol. The number of rotatable bonds is 8. The number of hydrogen-bond donors (Lipinski definition) is 0. The average Bonchev–Trinajstić information content (AvgIpc) is 2.93. The highest BCUT2D eigenvalue weighted by Crippen LogP contribution is 2.45. The van der Waals surface area contributed by atoms with Gasteiger partial charge >= 0.3 is 0 Å². The minimum absolute atomic E-state index is 0.243. The molecule has 0 bridgehead atoms. The van der Waals surface area contributed by atoms with Gasteiger partial charge in [-0.1, -0.05) is 18.6 Å². The quantitative estimate of drug-likeness (QED) is 0.379. The molecule has 35 heavy (non-hydrogen) atoms. The van der Waals surface area contributed by atoms with Gasteiger partial charge in [-0.3, -0.25) is 4.90 Å². The first-order valence-electron chi connectivity index (χ1n) is 12.8. The Morgan fingerprint density at radius 2 is 1.46 bits per heavy atom. The van der Waals surface area contributed by atoms with E-state index in [-0.39, 0.29) is 6.04 Å². The summed E-state index contributed by atoms with van der Waals surface area (Å²) in [6.45, 7) is 4.14. The lowest BCUT2D eigenvalue weighted by Gasteiger charge is -2.39. The molecule has 2 aliphatic heterocycles. The van der Waals surface area contributed by atoms with Crippen molar-refractivity contribution in [2.75, 3.05) is 45.4 Å². The van der Waals surface area contributed by atoms with Crippen LogP contribution in [0, 0.1) is 0 Å². The van der Waals surface area contributed by atoms with Crippen LogP contribution in [-0.2, 0) is 6.42 Å². The third kappa shape index (κ3) is 5.40. The molecule has 0 radical (unpaired) electrons. The molecule has 0 N–H and O–H groups in total. The van der Waals surface area contributed by atoms with Crippen LogP contribution in [0.1, 0.15) is 42.9 Å². The molecule has 0 spiro atoms. The summed E-state index contributed by atoms with van der Waals surface area (Å²) < 4.78 is 17.0. The first-order chi connectivity index (χ1) is 17.2. The van der Waals surface area contributed by atoms with Gasteiger partial charge in [0.25, 0.3) is 0 Å². The first-order valence-corrected chi connectivity index (χ1v) is 12.8. The second kappa shape index (κ2) is 11.0. The van der Waals surface area contributed by atoms with E-state index in [2.05, 4.69) is 76.5 Å². The van der Waals surface area contributed by atoms with Crippen molar-refractivity contribution in [1.82, 2.24) is 4.90 Å². The molecule has 3 aromatic carbocycles. The monoisotopic (exact) mass is 472 g/mol. The Bertz CT molecular complexity index is 1090. The van der Waals surface area contributed by atoms with Crippen LogP contribution >= 0.6 is 0 Å². The van der Waals surface area contributed by atoms with Crippen molar-refractivity contribution in [2.24, 2.45) is 0 Å². The highest BCUT2D eigenvalue weighted by atomic mass is 16.5. The van der Waals surface area contributed by atoms with Crippen LogP contribution in [0.5, 0.6) is 17.2 Å². The highest BCUT2D eigenvalue weighted by molar-refractivity contribution is 5.71. The number of fused-ring (bicyclic) bond motifs is 1. The molecule has 1 unspecified atom stereocenters. The maximum Gasteiger partial charge on any atom is 0.119 e. The molecule has 0 amide bonds. The van der Waals surface area contributed by atoms with Crippen LogP contribution in [0.2, 0.25) is 0 Å². The molecule has 0 aliphatic carbocycles. The number of likely N-dealkylation sites (tertiary alicyclic amines) is 1. The van der Waals surface area contributed by atoms with Crippen LogP contribution < -0.4 is 19.1 Å². The summed E-state index contributed by atoms with van der Waals surface area (Å²) in [6.07, 6.45) is 6.03. The average molecular weight is 473 g/mol. The molecule has 1 atom stereocenters. The summed E-state index contributed by atoms with van der Waals surface area (Å²) >= 11 is 0. The Kier molecular flexibility index (Phi) is 7.43. The van der Waals surface area contributed by atoms with Crippen molar-refractivity contribution in [1.29, 1.82) is 0 Å². The number of anilines is 2. The number of nitrogens with zero attached hydrogens (tertiary/aromatic N) is 2. The van der Waals surface area contributed by atoms with Gasteiger partial charge in [-0.15, -0.1) is 0 Å². The molecule has 2 heterocycles. The van der Waals surface area contributed by atoms with Crippen molar-refractivity contribution < 1.29 is 14.2 Å². The second-order valence-corrected chi connectivity index (χ2v) is 9.44. The van der Waals surface area contributed by atoms with Gasteiger partial charge in [-0.05, 0) is 104 Å². The van der Waals surface area contributed by atoms with Gasteiger partial charge in [0, 0.05) is 17.9 Å². The van der Waals surface area contributed by atoms with Crippen molar-refractivity contribution in [3.8, 4) is 17.2 Å². The number of ether oxygens (including phenoxy) is 3. The Morgan fingerprint density at radius 1 is 0.771 bits per heavy atom. The van der Waals surface area contributed by atoms with E-state index in [1.165, 1.54) is 54.9 Å². The molecule has 5 heteroatoms. The molecule has 5 rings (SSSR count). The summed E-state index contributed by atoms with van der Waals surface area (Å²) in [5.41, 5.74) is 5.00. The summed E-state index contributed by atoms with van der Waals surface area (Å²) in [5.74, 6) is 2.72. The molecule has 3 aromatic rings. The van der Waals surface area contributed by atoms with Crippen molar-refractivity contribution in [3.63, 3.8) is 0 Å². The van der Waals surface area contributed by atoms with Crippen molar-refractivity contribution >= 4 is 11.4 Å². The molecule has 5 nitrogen and oxygen atoms in total. The van der Waals surface area contributed by atoms with Gasteiger partial charge in [-0.2, -0.15) is 0 Å². The van der Waals surface area contributed by atoms with Gasteiger partial charge in [0.05, 0.1) is 20.3 Å². The van der Waals surface area contributed by atoms with E-state index in [9.17, 15) is 0 Å². The summed E-state index contributed by atoms with van der Waals surface area (Å²) in [5, 5.41) is 0. The summed E-state index contributed by atoms with van der Waals surface area (Å²) in [6, 6.07) is 23.7. The zero-order valence-corrected chi connectivity index (χ0v) is 20.9. The van der Waals surface area contributed by atoms with Gasteiger partial charge < -0.3 is 19.1 Å². The Morgan fingerprint density at radius 3 is 2.17 bits per heavy atom. The number of aryl methyl sites for hydroxylation is 1. The smallest absolute Gasteiger partial charge is 0.119 e. The topological polar surface area (TPSA) is 34.2 Å². The van der Waals surface area contributed by atoms with E-state index in [1.54, 1.807) is 14.2 Å². The largest absolute Gasteiger partial charge is 0.497 e. The Labute approximate surface area is 209 Å². The third-order valence-corrected chi connectivity index (χ3v) is 7.29. The SMILES string of the molecule is COc1ccc(C2CCc3cc(OC)ccc3N2c2ccc(OCCN3CCCCC3)cc2)cc1. The normalized spacial score (nSPS) is 18.1. The minimum Gasteiger partial charge on any atom is -0.497 e. The predicted octanol–water partition coefficient (Wildman–Crippen LogP) is 6.39. The first kappa shape index (κ1) is 23.6. The maximum atomic E-state index is 6.10. The van der Waals surface area contributed by atoms with Crippen LogP contribution in [0.4, 0.5) is 11.4 Å². The number of piperidine rings is 1. The van der Waals surface area contributed by atoms with E-state index in [4.69, 9.17) is 14.2 Å². The van der Waals surface area contributed by atoms with E-state index < -0.39 is 0 Å². The van der Waals surface area contributed by atoms with Gasteiger partial charge in [-0.25, -0.2) is 0 Å². The lowest BCUT2D eigenvalue weighted by atomic mass is 9.90. The van der Waals surface area contributed by atoms with Crippen LogP contribution in [-0.4, -0.2) is 45.4 Å². The van der Waals surface area contributed by atoms with Crippen LogP contribution in [0.25, 0.3) is 0 Å². The van der Waals surface area contributed by atoms with E-state index >= 15 is 0 Å². The van der Waals surface area contributed by atoms with Gasteiger partial charge in [0.1, 0.15) is 23.9 Å². The minimum atomic E-state index is 0.243. The van der Waals surface area contributed by atoms with Crippen molar-refractivity contribution in [2.45, 2.75) is 38.1 Å². The van der Waals surface area contributed by atoms with E-state index in [0.29, 0.717) is 0 Å². The Balaban J connectivity index is 1.37. The molecule has 2 aliphatic rings. The van der Waals surface area contributed by atoms with E-state index in [1.807, 2.05) is 0 Å². The second-order valence-electron chi connectivity index (χ2n) is 9.44. The van der Waals surface area contributed by atoms with Gasteiger partial charge in [0.15, 0.2) is 0 Å². The fourth-order valence-corrected chi connectivity index (χ4v) is 5.35. The summed E-state index contributed by atoms with van der Waals surface area (Å²) in [7, 11) is 3.44. The predicted molar refractivity (Wildman–Crippen MR) is 141 cm³/mol. The number of methoxy groups -OCH3 is 2. The van der Waals surface area contributed by atoms with E-state index in [0.717, 1.165) is 43.2 Å². The molecule has 184 valence electrons. The maximum absolute atomic E-state index is 6.10. The van der Waals surface area contributed by atoms with Crippen molar-refractivity contribution in [3.05, 3.63) is 77.9 Å². The van der Waals surface area contributed by atoms with Crippen LogP contribution in [0.3, 0.4) is 0 Å². The lowest BCUT2D eigenvalue weighted by molar-refractivity contribution is 0.183. The number of hydrogen-bond acceptors (Lipinski definition) is 5. The Hall–Kier alpha value is -3.18. The zero-order chi connectivity index (χ0) is 24.0. The van der Waals surface area contributed by atoms with Crippen LogP contribution in [0.15, 0.2) is 66.7 Å². The molecule has 1 saturated heterocycles. The fourth-order valence-electron chi connectivity index (χ4n) is 5.35. The fraction of sp³-hybridized carbons (Fsp3) is 0.400. The number of benzene rings is 3.